The zero-order chi connectivity index (χ0) is 13.9. The van der Waals surface area contributed by atoms with Crippen molar-refractivity contribution in [1.82, 2.24) is 5.32 Å². The van der Waals surface area contributed by atoms with Crippen LogP contribution in [0.5, 0.6) is 0 Å². The summed E-state index contributed by atoms with van der Waals surface area (Å²) in [7, 11) is -0.933. The molecule has 6 heteroatoms. The molecular weight excluding hydrogens is 264 g/mol. The fraction of sp³-hybridized carbons (Fsp3) is 0.923. The number of carbonyl (C=O) groups is 1. The maximum Gasteiger partial charge on any atom is 0.275 e. The quantitative estimate of drug-likeness (QED) is 0.707. The second-order valence-corrected chi connectivity index (χ2v) is 8.25. The van der Waals surface area contributed by atoms with Crippen molar-refractivity contribution in [2.75, 3.05) is 25.1 Å². The van der Waals surface area contributed by atoms with E-state index < -0.39 is 9.84 Å². The van der Waals surface area contributed by atoms with Gasteiger partial charge in [0.05, 0.1) is 12.8 Å². The largest absolute Gasteiger partial charge is 0.348 e. The van der Waals surface area contributed by atoms with Gasteiger partial charge in [-0.1, -0.05) is 19.3 Å². The first-order chi connectivity index (χ1) is 8.96. The van der Waals surface area contributed by atoms with Crippen molar-refractivity contribution >= 4 is 15.7 Å². The van der Waals surface area contributed by atoms with Gasteiger partial charge in [0.15, 0.2) is 16.4 Å². The van der Waals surface area contributed by atoms with Gasteiger partial charge in [-0.2, -0.15) is 0 Å². The van der Waals surface area contributed by atoms with Gasteiger partial charge in [-0.25, -0.2) is 8.42 Å². The highest BCUT2D eigenvalue weighted by Crippen LogP contribution is 2.17. The van der Waals surface area contributed by atoms with Crippen molar-refractivity contribution < 1.29 is 18.1 Å². The lowest BCUT2D eigenvalue weighted by molar-refractivity contribution is -0.894. The van der Waals surface area contributed by atoms with Gasteiger partial charge in [-0.3, -0.25) is 4.79 Å². The van der Waals surface area contributed by atoms with E-state index in [1.807, 2.05) is 7.05 Å². The van der Waals surface area contributed by atoms with Gasteiger partial charge in [-0.05, 0) is 12.8 Å². The molecule has 0 radical (unpaired) electrons. The van der Waals surface area contributed by atoms with Gasteiger partial charge in [0.2, 0.25) is 0 Å². The molecule has 1 aliphatic carbocycles. The summed E-state index contributed by atoms with van der Waals surface area (Å²) >= 11 is 0. The summed E-state index contributed by atoms with van der Waals surface area (Å²) in [4.78, 5) is 13.0. The first-order valence-corrected chi connectivity index (χ1v) is 9.10. The number of quaternary nitrogens is 1. The van der Waals surface area contributed by atoms with E-state index >= 15 is 0 Å². The molecule has 0 bridgehead atoms. The van der Waals surface area contributed by atoms with Crippen LogP contribution in [0.25, 0.3) is 0 Å². The average Bonchev–Trinajstić information content (AvgIpc) is 2.71. The molecule has 5 nitrogen and oxygen atoms in total. The summed E-state index contributed by atoms with van der Waals surface area (Å²) in [5.74, 6) is 0.572. The predicted molar refractivity (Wildman–Crippen MR) is 73.8 cm³/mol. The molecule has 1 unspecified atom stereocenters. The molecule has 2 atom stereocenters. The smallest absolute Gasteiger partial charge is 0.275 e. The maximum atomic E-state index is 12.0. The van der Waals surface area contributed by atoms with Crippen molar-refractivity contribution in [3.63, 3.8) is 0 Å². The Morgan fingerprint density at radius 1 is 1.21 bits per heavy atom. The minimum atomic E-state index is -2.86. The Morgan fingerprint density at radius 2 is 1.89 bits per heavy atom. The third kappa shape index (κ3) is 4.45. The minimum Gasteiger partial charge on any atom is -0.348 e. The highest BCUT2D eigenvalue weighted by Gasteiger charge is 2.34. The number of rotatable bonds is 4. The lowest BCUT2D eigenvalue weighted by Crippen LogP contribution is -3.14. The van der Waals surface area contributed by atoms with Crippen molar-refractivity contribution in [2.24, 2.45) is 0 Å². The molecule has 1 amide bonds. The third-order valence-corrected chi connectivity index (χ3v) is 6.11. The lowest BCUT2D eigenvalue weighted by atomic mass is 9.95. The summed E-state index contributed by atoms with van der Waals surface area (Å²) in [5, 5.41) is 3.08. The predicted octanol–water partition coefficient (Wildman–Crippen LogP) is -0.863. The molecule has 19 heavy (non-hydrogen) atoms. The molecule has 2 N–H and O–H groups in total. The fourth-order valence-corrected chi connectivity index (χ4v) is 4.98. The first-order valence-electron chi connectivity index (χ1n) is 7.28. The highest BCUT2D eigenvalue weighted by atomic mass is 32.2. The average molecular weight is 289 g/mol. The van der Waals surface area contributed by atoms with Gasteiger partial charge in [0.25, 0.3) is 5.91 Å². The number of hydrogen-bond acceptors (Lipinski definition) is 3. The Hall–Kier alpha value is -0.620. The zero-order valence-electron chi connectivity index (χ0n) is 11.7. The van der Waals surface area contributed by atoms with Crippen LogP contribution >= 0.6 is 0 Å². The van der Waals surface area contributed by atoms with Crippen LogP contribution in [-0.2, 0) is 14.6 Å². The van der Waals surface area contributed by atoms with Gasteiger partial charge >= 0.3 is 0 Å². The summed E-state index contributed by atoms with van der Waals surface area (Å²) in [6.45, 7) is 0.386. The number of sulfone groups is 1. The molecule has 2 rings (SSSR count). The van der Waals surface area contributed by atoms with Gasteiger partial charge in [-0.15, -0.1) is 0 Å². The lowest BCUT2D eigenvalue weighted by Gasteiger charge is -2.24. The van der Waals surface area contributed by atoms with E-state index in [0.29, 0.717) is 19.0 Å². The van der Waals surface area contributed by atoms with E-state index in [1.165, 1.54) is 19.3 Å². The van der Waals surface area contributed by atoms with Crippen LogP contribution in [0.15, 0.2) is 0 Å². The van der Waals surface area contributed by atoms with E-state index in [2.05, 4.69) is 5.32 Å². The van der Waals surface area contributed by atoms with E-state index in [0.717, 1.165) is 17.7 Å². The number of nitrogens with one attached hydrogen (secondary N) is 2. The van der Waals surface area contributed by atoms with E-state index in [1.54, 1.807) is 0 Å². The van der Waals surface area contributed by atoms with Crippen LogP contribution in [0, 0.1) is 0 Å². The Morgan fingerprint density at radius 3 is 2.47 bits per heavy atom. The van der Waals surface area contributed by atoms with Crippen molar-refractivity contribution in [3.05, 3.63) is 0 Å². The van der Waals surface area contributed by atoms with Gasteiger partial charge < -0.3 is 10.2 Å². The Balaban J connectivity index is 1.75. The first kappa shape index (κ1) is 14.8. The molecule has 1 aliphatic heterocycles. The Labute approximate surface area is 115 Å². The van der Waals surface area contributed by atoms with E-state index in [9.17, 15) is 13.2 Å². The summed E-state index contributed by atoms with van der Waals surface area (Å²) < 4.78 is 22.9. The van der Waals surface area contributed by atoms with E-state index in [-0.39, 0.29) is 23.5 Å². The van der Waals surface area contributed by atoms with Crippen molar-refractivity contribution in [1.29, 1.82) is 0 Å². The molecule has 0 aromatic rings. The van der Waals surface area contributed by atoms with Crippen LogP contribution < -0.4 is 10.2 Å². The summed E-state index contributed by atoms with van der Waals surface area (Å²) in [5.41, 5.74) is 0. The number of amides is 1. The second kappa shape index (κ2) is 6.22. The maximum absolute atomic E-state index is 12.0. The molecule has 0 aromatic heterocycles. The zero-order valence-corrected chi connectivity index (χ0v) is 12.5. The van der Waals surface area contributed by atoms with Crippen LogP contribution in [0.3, 0.4) is 0 Å². The van der Waals surface area contributed by atoms with Crippen LogP contribution in [0.1, 0.15) is 38.5 Å². The van der Waals surface area contributed by atoms with Crippen molar-refractivity contribution in [2.45, 2.75) is 50.6 Å². The van der Waals surface area contributed by atoms with Gasteiger partial charge in [0.1, 0.15) is 11.8 Å². The SMILES string of the molecule is C[NH+](CC(=O)NC1CCCCC1)[C@H]1CCS(=O)(=O)C1. The summed E-state index contributed by atoms with van der Waals surface area (Å²) in [6.07, 6.45) is 6.54. The second-order valence-electron chi connectivity index (χ2n) is 6.03. The molecule has 1 heterocycles. The Bertz CT molecular complexity index is 416. The number of hydrogen-bond donors (Lipinski definition) is 2. The number of likely N-dealkylation sites (N-methyl/N-ethyl adjacent to an activating group) is 1. The minimum absolute atomic E-state index is 0.0636. The van der Waals surface area contributed by atoms with Crippen molar-refractivity contribution in [3.8, 4) is 0 Å². The molecule has 1 saturated heterocycles. The molecule has 1 saturated carbocycles. The fourth-order valence-electron chi connectivity index (χ4n) is 3.11. The standard InChI is InChI=1S/C13H24N2O3S/c1-15(12-7-8-19(17,18)10-12)9-13(16)14-11-5-3-2-4-6-11/h11-12H,2-10H2,1H3,(H,14,16)/p+1/t12-/m0/s1. The van der Waals surface area contributed by atoms with Crippen LogP contribution in [0.2, 0.25) is 0 Å². The molecule has 2 aliphatic rings. The molecule has 2 fully saturated rings. The van der Waals surface area contributed by atoms with Crippen LogP contribution in [-0.4, -0.2) is 51.5 Å². The Kier molecular flexibility index (Phi) is 4.84. The third-order valence-electron chi connectivity index (χ3n) is 4.34. The molecular formula is C13H25N2O3S+. The number of carbonyl (C=O) groups excluding carboxylic acids is 1. The summed E-state index contributed by atoms with van der Waals surface area (Å²) in [6, 6.07) is 0.420. The van der Waals surface area contributed by atoms with E-state index in [4.69, 9.17) is 0 Å². The molecule has 110 valence electrons. The van der Waals surface area contributed by atoms with Gasteiger partial charge in [0, 0.05) is 12.5 Å². The highest BCUT2D eigenvalue weighted by molar-refractivity contribution is 7.91. The normalized spacial score (nSPS) is 29.0. The molecule has 0 spiro atoms. The molecule has 0 aromatic carbocycles. The van der Waals surface area contributed by atoms with Crippen LogP contribution in [0.4, 0.5) is 0 Å². The monoisotopic (exact) mass is 289 g/mol. The topological polar surface area (TPSA) is 67.7 Å².